The predicted molar refractivity (Wildman–Crippen MR) is 82.6 cm³/mol. The molecule has 1 aromatic rings. The molecule has 2 heterocycles. The second kappa shape index (κ2) is 6.02. The van der Waals surface area contributed by atoms with Crippen LogP contribution in [0.15, 0.2) is 18.2 Å². The molecule has 1 unspecified atom stereocenters. The van der Waals surface area contributed by atoms with E-state index in [2.05, 4.69) is 15.2 Å². The van der Waals surface area contributed by atoms with E-state index < -0.39 is 9.84 Å². The zero-order valence-electron chi connectivity index (χ0n) is 12.5. The number of sulfone groups is 1. The molecule has 116 valence electrons. The van der Waals surface area contributed by atoms with Gasteiger partial charge < -0.3 is 5.32 Å². The van der Waals surface area contributed by atoms with Crippen LogP contribution in [0.1, 0.15) is 31.2 Å². The van der Waals surface area contributed by atoms with Gasteiger partial charge in [-0.05, 0) is 31.9 Å². The smallest absolute Gasteiger partial charge is 0.153 e. The van der Waals surface area contributed by atoms with Crippen molar-refractivity contribution in [1.29, 1.82) is 0 Å². The largest absolute Gasteiger partial charge is 0.308 e. The summed E-state index contributed by atoms with van der Waals surface area (Å²) in [5.74, 6) is 0.524. The van der Waals surface area contributed by atoms with Crippen molar-refractivity contribution in [3.05, 3.63) is 29.6 Å². The SMILES string of the molecule is CC1CS(=O)(=O)CCN1Cc1cccc(CNC2CC2)n1. The standard InChI is InChI=1S/C15H23N3O2S/c1-12-11-21(19,20)8-7-18(12)10-15-4-2-3-14(17-15)9-16-13-5-6-13/h2-4,12-13,16H,5-11H2,1H3. The first-order valence-electron chi connectivity index (χ1n) is 7.64. The molecule has 5 nitrogen and oxygen atoms in total. The molecule has 1 aliphatic carbocycles. The lowest BCUT2D eigenvalue weighted by Crippen LogP contribution is -2.46. The maximum atomic E-state index is 11.6. The molecule has 0 aromatic carbocycles. The minimum absolute atomic E-state index is 0.0683. The summed E-state index contributed by atoms with van der Waals surface area (Å²) in [6.45, 7) is 4.14. The quantitative estimate of drug-likeness (QED) is 0.877. The van der Waals surface area contributed by atoms with Crippen molar-refractivity contribution in [3.63, 3.8) is 0 Å². The van der Waals surface area contributed by atoms with Gasteiger partial charge >= 0.3 is 0 Å². The third-order valence-corrected chi connectivity index (χ3v) is 5.98. The number of nitrogens with zero attached hydrogens (tertiary/aromatic N) is 2. The monoisotopic (exact) mass is 309 g/mol. The molecule has 1 atom stereocenters. The van der Waals surface area contributed by atoms with Crippen LogP contribution >= 0.6 is 0 Å². The minimum Gasteiger partial charge on any atom is -0.308 e. The summed E-state index contributed by atoms with van der Waals surface area (Å²) >= 11 is 0. The van der Waals surface area contributed by atoms with E-state index in [-0.39, 0.29) is 17.5 Å². The van der Waals surface area contributed by atoms with Crippen LogP contribution in [0.25, 0.3) is 0 Å². The third kappa shape index (κ3) is 4.25. The molecule has 1 saturated carbocycles. The fourth-order valence-corrected chi connectivity index (χ4v) is 4.35. The van der Waals surface area contributed by atoms with Gasteiger partial charge in [-0.2, -0.15) is 0 Å². The predicted octanol–water partition coefficient (Wildman–Crippen LogP) is 0.952. The van der Waals surface area contributed by atoms with Gasteiger partial charge in [0.05, 0.1) is 22.9 Å². The Hall–Kier alpha value is -0.980. The van der Waals surface area contributed by atoms with Crippen LogP contribution in [-0.2, 0) is 22.9 Å². The molecule has 1 aromatic heterocycles. The van der Waals surface area contributed by atoms with E-state index in [1.54, 1.807) is 0 Å². The summed E-state index contributed by atoms with van der Waals surface area (Å²) in [6.07, 6.45) is 2.55. The molecular formula is C15H23N3O2S. The van der Waals surface area contributed by atoms with E-state index in [0.717, 1.165) is 24.5 Å². The first kappa shape index (κ1) is 14.9. The normalized spacial score (nSPS) is 25.9. The number of nitrogens with one attached hydrogen (secondary N) is 1. The average molecular weight is 309 g/mol. The molecule has 0 radical (unpaired) electrons. The minimum atomic E-state index is -2.85. The lowest BCUT2D eigenvalue weighted by atomic mass is 10.2. The van der Waals surface area contributed by atoms with Crippen LogP contribution in [0, 0.1) is 0 Å². The van der Waals surface area contributed by atoms with Crippen molar-refractivity contribution in [2.75, 3.05) is 18.1 Å². The Morgan fingerprint density at radius 2 is 2.10 bits per heavy atom. The molecule has 2 aliphatic rings. The lowest BCUT2D eigenvalue weighted by Gasteiger charge is -2.32. The molecule has 0 amide bonds. The van der Waals surface area contributed by atoms with Crippen molar-refractivity contribution in [2.45, 2.75) is 44.9 Å². The van der Waals surface area contributed by atoms with Gasteiger partial charge in [0.25, 0.3) is 0 Å². The average Bonchev–Trinajstić information content (AvgIpc) is 3.24. The second-order valence-corrected chi connectivity index (χ2v) is 8.44. The van der Waals surface area contributed by atoms with E-state index in [0.29, 0.717) is 12.6 Å². The summed E-state index contributed by atoms with van der Waals surface area (Å²) in [5, 5.41) is 3.47. The van der Waals surface area contributed by atoms with E-state index in [1.165, 1.54) is 12.8 Å². The van der Waals surface area contributed by atoms with Crippen LogP contribution in [0.5, 0.6) is 0 Å². The fraction of sp³-hybridized carbons (Fsp3) is 0.667. The van der Waals surface area contributed by atoms with Crippen LogP contribution < -0.4 is 5.32 Å². The van der Waals surface area contributed by atoms with Crippen LogP contribution in [-0.4, -0.2) is 48.4 Å². The zero-order valence-corrected chi connectivity index (χ0v) is 13.3. The van der Waals surface area contributed by atoms with E-state index in [4.69, 9.17) is 0 Å². The van der Waals surface area contributed by atoms with Gasteiger partial charge in [0.1, 0.15) is 0 Å². The van der Waals surface area contributed by atoms with Crippen molar-refractivity contribution in [2.24, 2.45) is 0 Å². The Morgan fingerprint density at radius 1 is 1.33 bits per heavy atom. The highest BCUT2D eigenvalue weighted by Crippen LogP contribution is 2.19. The van der Waals surface area contributed by atoms with Crippen molar-refractivity contribution >= 4 is 9.84 Å². The topological polar surface area (TPSA) is 62.3 Å². The molecule has 0 bridgehead atoms. The molecule has 6 heteroatoms. The summed E-state index contributed by atoms with van der Waals surface area (Å²) in [7, 11) is -2.85. The highest BCUT2D eigenvalue weighted by molar-refractivity contribution is 7.91. The lowest BCUT2D eigenvalue weighted by molar-refractivity contribution is 0.215. The number of hydrogen-bond acceptors (Lipinski definition) is 5. The van der Waals surface area contributed by atoms with Gasteiger partial charge in [-0.25, -0.2) is 8.42 Å². The van der Waals surface area contributed by atoms with Crippen LogP contribution in [0.2, 0.25) is 0 Å². The fourth-order valence-electron chi connectivity index (χ4n) is 2.73. The highest BCUT2D eigenvalue weighted by atomic mass is 32.2. The molecular weight excluding hydrogens is 286 g/mol. The van der Waals surface area contributed by atoms with Gasteiger partial charge in [-0.15, -0.1) is 0 Å². The Kier molecular flexibility index (Phi) is 4.28. The summed E-state index contributed by atoms with van der Waals surface area (Å²) in [5.41, 5.74) is 2.09. The molecule has 1 saturated heterocycles. The number of aromatic nitrogens is 1. The first-order chi connectivity index (χ1) is 10.0. The van der Waals surface area contributed by atoms with Crippen LogP contribution in [0.4, 0.5) is 0 Å². The highest BCUT2D eigenvalue weighted by Gasteiger charge is 2.28. The van der Waals surface area contributed by atoms with E-state index in [1.807, 2.05) is 25.1 Å². The molecule has 1 aliphatic heterocycles. The van der Waals surface area contributed by atoms with Gasteiger partial charge in [0.2, 0.25) is 0 Å². The second-order valence-electron chi connectivity index (χ2n) is 6.21. The van der Waals surface area contributed by atoms with Crippen molar-refractivity contribution in [3.8, 4) is 0 Å². The first-order valence-corrected chi connectivity index (χ1v) is 9.47. The maximum Gasteiger partial charge on any atom is 0.153 e. The number of hydrogen-bond donors (Lipinski definition) is 1. The van der Waals surface area contributed by atoms with Crippen molar-refractivity contribution < 1.29 is 8.42 Å². The maximum absolute atomic E-state index is 11.6. The third-order valence-electron chi connectivity index (χ3n) is 4.19. The van der Waals surface area contributed by atoms with Gasteiger partial charge in [-0.3, -0.25) is 9.88 Å². The van der Waals surface area contributed by atoms with E-state index in [9.17, 15) is 8.42 Å². The van der Waals surface area contributed by atoms with Gasteiger partial charge in [-0.1, -0.05) is 6.07 Å². The van der Waals surface area contributed by atoms with Crippen LogP contribution in [0.3, 0.4) is 0 Å². The van der Waals surface area contributed by atoms with Gasteiger partial charge in [0.15, 0.2) is 9.84 Å². The molecule has 21 heavy (non-hydrogen) atoms. The summed E-state index contributed by atoms with van der Waals surface area (Å²) < 4.78 is 23.2. The van der Waals surface area contributed by atoms with Crippen molar-refractivity contribution in [1.82, 2.24) is 15.2 Å². The Morgan fingerprint density at radius 3 is 2.81 bits per heavy atom. The Labute approximate surface area is 126 Å². The summed E-state index contributed by atoms with van der Waals surface area (Å²) in [4.78, 5) is 6.89. The number of rotatable bonds is 5. The molecule has 0 spiro atoms. The zero-order chi connectivity index (χ0) is 14.9. The molecule has 1 N–H and O–H groups in total. The Balaban J connectivity index is 1.60. The molecule has 2 fully saturated rings. The number of pyridine rings is 1. The van der Waals surface area contributed by atoms with E-state index >= 15 is 0 Å². The summed E-state index contributed by atoms with van der Waals surface area (Å²) in [6, 6.07) is 6.86. The Bertz CT molecular complexity index is 599. The molecule has 3 rings (SSSR count). The van der Waals surface area contributed by atoms with Gasteiger partial charge in [0, 0.05) is 31.7 Å².